The van der Waals surface area contributed by atoms with Crippen molar-refractivity contribution in [1.29, 1.82) is 0 Å². The Bertz CT molecular complexity index is 1160. The third kappa shape index (κ3) is 3.72. The summed E-state index contributed by atoms with van der Waals surface area (Å²) in [4.78, 5) is 25.0. The van der Waals surface area contributed by atoms with Crippen LogP contribution < -0.4 is 10.2 Å². The third-order valence-electron chi connectivity index (χ3n) is 6.83. The smallest absolute Gasteiger partial charge is 0.419 e. The Morgan fingerprint density at radius 1 is 1.24 bits per heavy atom. The van der Waals surface area contributed by atoms with E-state index < -0.39 is 23.1 Å². The van der Waals surface area contributed by atoms with Gasteiger partial charge in [0.2, 0.25) is 0 Å². The minimum absolute atomic E-state index is 0.0840. The first kappa shape index (κ1) is 22.0. The van der Waals surface area contributed by atoms with E-state index >= 15 is 0 Å². The second kappa shape index (κ2) is 7.90. The van der Waals surface area contributed by atoms with Crippen LogP contribution in [0.25, 0.3) is 11.3 Å². The topological polar surface area (TPSA) is 66.8 Å². The first-order valence-corrected chi connectivity index (χ1v) is 11.1. The van der Waals surface area contributed by atoms with Crippen LogP contribution in [0.15, 0.2) is 29.2 Å². The second-order valence-electron chi connectivity index (χ2n) is 9.00. The number of fused-ring (bicyclic) bond motifs is 4. The molecular formula is C24H24F3NO5. The Hall–Kier alpha value is -2.81. The van der Waals surface area contributed by atoms with Crippen LogP contribution in [0.3, 0.4) is 0 Å². The number of alkyl halides is 3. The Morgan fingerprint density at radius 3 is 2.58 bits per heavy atom. The van der Waals surface area contributed by atoms with Crippen LogP contribution in [0, 0.1) is 5.92 Å². The molecule has 0 amide bonds. The Morgan fingerprint density at radius 2 is 2.00 bits per heavy atom. The Balaban J connectivity index is 1.64. The van der Waals surface area contributed by atoms with E-state index in [9.17, 15) is 22.8 Å². The standard InChI is InChI=1S/C24H24F3NO5/c1-2-32-22(30)17-10-28-19(8-20(17)29)16-7-18(24(25,26)27)21(33-13-14-11-31-12-14)6-15(16)9-23(28)4-3-5-23/h6-8,10,14H,2-5,9,11-13H2,1H3. The van der Waals surface area contributed by atoms with Crippen molar-refractivity contribution in [3.8, 4) is 17.0 Å². The molecular weight excluding hydrogens is 439 g/mol. The molecule has 6 nitrogen and oxygen atoms in total. The molecule has 2 aromatic rings. The van der Waals surface area contributed by atoms with Gasteiger partial charge >= 0.3 is 12.1 Å². The predicted molar refractivity (Wildman–Crippen MR) is 112 cm³/mol. The lowest BCUT2D eigenvalue weighted by Gasteiger charge is -2.49. The summed E-state index contributed by atoms with van der Waals surface area (Å²) in [7, 11) is 0. The van der Waals surface area contributed by atoms with Crippen LogP contribution in [0.2, 0.25) is 0 Å². The fourth-order valence-corrected chi connectivity index (χ4v) is 4.87. The summed E-state index contributed by atoms with van der Waals surface area (Å²) in [5.41, 5.74) is -0.485. The zero-order valence-electron chi connectivity index (χ0n) is 18.2. The van der Waals surface area contributed by atoms with Gasteiger partial charge in [-0.15, -0.1) is 0 Å². The van der Waals surface area contributed by atoms with Crippen molar-refractivity contribution in [1.82, 2.24) is 4.57 Å². The molecule has 0 unspecified atom stereocenters. The molecule has 1 saturated heterocycles. The summed E-state index contributed by atoms with van der Waals surface area (Å²) >= 11 is 0. The van der Waals surface area contributed by atoms with Crippen molar-refractivity contribution in [2.45, 2.75) is 44.3 Å². The molecule has 9 heteroatoms. The molecule has 2 fully saturated rings. The fourth-order valence-electron chi connectivity index (χ4n) is 4.87. The van der Waals surface area contributed by atoms with E-state index in [0.717, 1.165) is 25.3 Å². The van der Waals surface area contributed by atoms with Crippen LogP contribution in [0.5, 0.6) is 5.75 Å². The van der Waals surface area contributed by atoms with E-state index in [-0.39, 0.29) is 36.0 Å². The van der Waals surface area contributed by atoms with Gasteiger partial charge in [-0.1, -0.05) is 0 Å². The van der Waals surface area contributed by atoms with Gasteiger partial charge in [-0.25, -0.2) is 4.79 Å². The second-order valence-corrected chi connectivity index (χ2v) is 9.00. The first-order chi connectivity index (χ1) is 15.7. The average Bonchev–Trinajstić information content (AvgIpc) is 2.69. The molecule has 3 heterocycles. The summed E-state index contributed by atoms with van der Waals surface area (Å²) in [5.74, 6) is -0.833. The van der Waals surface area contributed by atoms with Gasteiger partial charge in [-0.2, -0.15) is 13.2 Å². The lowest BCUT2D eigenvalue weighted by Crippen LogP contribution is -2.46. The van der Waals surface area contributed by atoms with Crippen molar-refractivity contribution < 1.29 is 32.2 Å². The lowest BCUT2D eigenvalue weighted by atomic mass is 9.69. The van der Waals surface area contributed by atoms with Gasteiger partial charge in [0, 0.05) is 29.3 Å². The summed E-state index contributed by atoms with van der Waals surface area (Å²) in [6.45, 7) is 2.89. The van der Waals surface area contributed by atoms with Crippen LogP contribution in [0.1, 0.15) is 47.7 Å². The summed E-state index contributed by atoms with van der Waals surface area (Å²) in [5, 5.41) is 0. The molecule has 176 valence electrons. The number of hydrogen-bond acceptors (Lipinski definition) is 5. The Kier molecular flexibility index (Phi) is 5.27. The number of carbonyl (C=O) groups excluding carboxylic acids is 1. The lowest BCUT2D eigenvalue weighted by molar-refractivity contribution is -0.139. The number of hydrogen-bond donors (Lipinski definition) is 0. The summed E-state index contributed by atoms with van der Waals surface area (Å²) < 4.78 is 59.3. The maximum absolute atomic E-state index is 13.9. The molecule has 0 N–H and O–H groups in total. The molecule has 3 aliphatic rings. The zero-order chi connectivity index (χ0) is 23.4. The number of carbonyl (C=O) groups is 1. The van der Waals surface area contributed by atoms with Gasteiger partial charge in [0.05, 0.1) is 37.7 Å². The van der Waals surface area contributed by atoms with Crippen molar-refractivity contribution in [3.05, 3.63) is 51.3 Å². The van der Waals surface area contributed by atoms with Gasteiger partial charge in [0.25, 0.3) is 0 Å². The molecule has 0 radical (unpaired) electrons. The van der Waals surface area contributed by atoms with E-state index in [1.54, 1.807) is 6.92 Å². The highest BCUT2D eigenvalue weighted by Crippen LogP contribution is 2.51. The minimum atomic E-state index is -4.62. The zero-order valence-corrected chi connectivity index (χ0v) is 18.2. The van der Waals surface area contributed by atoms with Crippen LogP contribution in [0.4, 0.5) is 13.2 Å². The minimum Gasteiger partial charge on any atom is -0.492 e. The highest BCUT2D eigenvalue weighted by atomic mass is 19.4. The van der Waals surface area contributed by atoms with Gasteiger partial charge in [0.15, 0.2) is 5.43 Å². The number of ether oxygens (including phenoxy) is 3. The maximum atomic E-state index is 13.9. The maximum Gasteiger partial charge on any atom is 0.419 e. The number of aromatic nitrogens is 1. The molecule has 1 aliphatic carbocycles. The highest BCUT2D eigenvalue weighted by Gasteiger charge is 2.45. The number of rotatable bonds is 5. The van der Waals surface area contributed by atoms with Crippen molar-refractivity contribution in [2.24, 2.45) is 5.92 Å². The molecule has 1 spiro atoms. The molecule has 2 aliphatic heterocycles. The molecule has 33 heavy (non-hydrogen) atoms. The molecule has 1 saturated carbocycles. The van der Waals surface area contributed by atoms with Gasteiger partial charge in [0.1, 0.15) is 11.3 Å². The average molecular weight is 463 g/mol. The molecule has 1 aromatic heterocycles. The van der Waals surface area contributed by atoms with Crippen LogP contribution in [-0.2, 0) is 27.6 Å². The Labute approximate surface area is 188 Å². The number of pyridine rings is 1. The van der Waals surface area contributed by atoms with E-state index in [1.807, 2.05) is 4.57 Å². The molecule has 5 rings (SSSR count). The van der Waals surface area contributed by atoms with E-state index in [2.05, 4.69) is 0 Å². The molecule has 1 aromatic carbocycles. The van der Waals surface area contributed by atoms with E-state index in [1.165, 1.54) is 18.3 Å². The monoisotopic (exact) mass is 463 g/mol. The van der Waals surface area contributed by atoms with Crippen molar-refractivity contribution >= 4 is 5.97 Å². The largest absolute Gasteiger partial charge is 0.492 e. The SMILES string of the molecule is CCOC(=O)c1cn2c(cc1=O)-c1cc(C(F)(F)F)c(OCC3COC3)cc1CC21CCC1. The van der Waals surface area contributed by atoms with E-state index in [0.29, 0.717) is 36.5 Å². The van der Waals surface area contributed by atoms with E-state index in [4.69, 9.17) is 14.2 Å². The summed E-state index contributed by atoms with van der Waals surface area (Å²) in [6.07, 6.45) is -0.0840. The third-order valence-corrected chi connectivity index (χ3v) is 6.83. The number of esters is 1. The highest BCUT2D eigenvalue weighted by molar-refractivity contribution is 5.89. The van der Waals surface area contributed by atoms with Gasteiger partial charge in [-0.3, -0.25) is 4.79 Å². The number of nitrogens with zero attached hydrogens (tertiary/aromatic N) is 1. The van der Waals surface area contributed by atoms with Gasteiger partial charge < -0.3 is 18.8 Å². The van der Waals surface area contributed by atoms with Crippen LogP contribution >= 0.6 is 0 Å². The number of benzene rings is 1. The van der Waals surface area contributed by atoms with Crippen molar-refractivity contribution in [2.75, 3.05) is 26.4 Å². The normalized spacial score (nSPS) is 18.7. The van der Waals surface area contributed by atoms with Crippen LogP contribution in [-0.4, -0.2) is 37.0 Å². The molecule has 0 bridgehead atoms. The summed E-state index contributed by atoms with van der Waals surface area (Å²) in [6, 6.07) is 3.81. The van der Waals surface area contributed by atoms with Gasteiger partial charge in [-0.05, 0) is 50.3 Å². The van der Waals surface area contributed by atoms with Crippen molar-refractivity contribution in [3.63, 3.8) is 0 Å². The molecule has 0 atom stereocenters. The predicted octanol–water partition coefficient (Wildman–Crippen LogP) is 4.17. The first-order valence-electron chi connectivity index (χ1n) is 11.1. The fraction of sp³-hybridized carbons (Fsp3) is 0.500. The quantitative estimate of drug-likeness (QED) is 0.623. The number of halogens is 3.